The molecule has 0 atom stereocenters. The number of nitrogens with zero attached hydrogens (tertiary/aromatic N) is 3. The first-order chi connectivity index (χ1) is 15.3. The van der Waals surface area contributed by atoms with Gasteiger partial charge in [-0.25, -0.2) is 4.79 Å². The number of alkyl halides is 6. The molecule has 3 rings (SSSR count). The summed E-state index contributed by atoms with van der Waals surface area (Å²) >= 11 is 0. The zero-order chi connectivity index (χ0) is 24.6. The van der Waals surface area contributed by atoms with Crippen LogP contribution in [0.3, 0.4) is 0 Å². The molecule has 0 fully saturated rings. The van der Waals surface area contributed by atoms with Gasteiger partial charge in [0.1, 0.15) is 5.82 Å². The summed E-state index contributed by atoms with van der Waals surface area (Å²) in [5.41, 5.74) is -1.99. The van der Waals surface area contributed by atoms with Crippen molar-refractivity contribution in [2.24, 2.45) is 14.1 Å². The van der Waals surface area contributed by atoms with Crippen LogP contribution in [0.25, 0.3) is 0 Å². The molecule has 0 N–H and O–H groups in total. The first kappa shape index (κ1) is 24.1. The van der Waals surface area contributed by atoms with Crippen molar-refractivity contribution in [3.8, 4) is 0 Å². The maximum atomic E-state index is 12.9. The number of hydrogen-bond acceptors (Lipinski definition) is 3. The van der Waals surface area contributed by atoms with Gasteiger partial charge in [-0.05, 0) is 35.4 Å². The summed E-state index contributed by atoms with van der Waals surface area (Å²) in [6, 6.07) is 9.90. The molecule has 0 aliphatic heterocycles. The van der Waals surface area contributed by atoms with E-state index < -0.39 is 34.7 Å². The Kier molecular flexibility index (Phi) is 6.44. The van der Waals surface area contributed by atoms with Crippen molar-refractivity contribution in [2.75, 3.05) is 4.90 Å². The average molecular weight is 471 g/mol. The van der Waals surface area contributed by atoms with Gasteiger partial charge in [0.15, 0.2) is 0 Å². The fourth-order valence-corrected chi connectivity index (χ4v) is 3.28. The van der Waals surface area contributed by atoms with Crippen LogP contribution in [-0.2, 0) is 39.5 Å². The van der Waals surface area contributed by atoms with Gasteiger partial charge in [-0.15, -0.1) is 0 Å². The molecule has 176 valence electrons. The molecule has 1 aromatic heterocycles. The standard InChI is InChI=1S/C22H19F6N3O2/c1-29-18(11-19(32)30(2)20(29)33)31(12-14-3-7-16(8-4-14)21(23,24)25)13-15-5-9-17(10-6-15)22(26,27)28/h3-11H,12-13H2,1-2H3. The summed E-state index contributed by atoms with van der Waals surface area (Å²) in [6.45, 7) is -0.000780. The number of aromatic nitrogens is 2. The number of rotatable bonds is 5. The van der Waals surface area contributed by atoms with Crippen LogP contribution in [0.2, 0.25) is 0 Å². The second-order valence-electron chi connectivity index (χ2n) is 7.49. The quantitative estimate of drug-likeness (QED) is 0.521. The first-order valence-electron chi connectivity index (χ1n) is 9.61. The maximum absolute atomic E-state index is 12.9. The molecule has 5 nitrogen and oxygen atoms in total. The van der Waals surface area contributed by atoms with E-state index in [9.17, 15) is 35.9 Å². The Hall–Kier alpha value is -3.50. The average Bonchev–Trinajstić information content (AvgIpc) is 2.74. The molecule has 3 aromatic rings. The van der Waals surface area contributed by atoms with Crippen molar-refractivity contribution >= 4 is 5.82 Å². The van der Waals surface area contributed by atoms with Crippen molar-refractivity contribution in [2.45, 2.75) is 25.4 Å². The third kappa shape index (κ3) is 5.47. The van der Waals surface area contributed by atoms with Gasteiger partial charge in [0, 0.05) is 33.3 Å². The van der Waals surface area contributed by atoms with Crippen molar-refractivity contribution in [1.82, 2.24) is 9.13 Å². The molecular formula is C22H19F6N3O2. The lowest BCUT2D eigenvalue weighted by Crippen LogP contribution is -2.40. The van der Waals surface area contributed by atoms with Gasteiger partial charge in [-0.1, -0.05) is 24.3 Å². The molecule has 0 saturated heterocycles. The largest absolute Gasteiger partial charge is 0.416 e. The molecule has 0 bridgehead atoms. The Morgan fingerprint density at radius 3 is 1.45 bits per heavy atom. The second kappa shape index (κ2) is 8.80. The van der Waals surface area contributed by atoms with Crippen LogP contribution in [0.4, 0.5) is 32.2 Å². The fourth-order valence-electron chi connectivity index (χ4n) is 3.28. The predicted molar refractivity (Wildman–Crippen MR) is 110 cm³/mol. The summed E-state index contributed by atoms with van der Waals surface area (Å²) < 4.78 is 79.3. The Morgan fingerprint density at radius 2 is 1.09 bits per heavy atom. The normalized spacial score (nSPS) is 12.1. The summed E-state index contributed by atoms with van der Waals surface area (Å²) in [5.74, 6) is 0.169. The van der Waals surface area contributed by atoms with Crippen LogP contribution < -0.4 is 16.1 Å². The number of hydrogen-bond donors (Lipinski definition) is 0. The van der Waals surface area contributed by atoms with Crippen LogP contribution in [0.15, 0.2) is 64.2 Å². The Bertz CT molecular complexity index is 1180. The smallest absolute Gasteiger partial charge is 0.349 e. The molecule has 33 heavy (non-hydrogen) atoms. The minimum atomic E-state index is -4.51. The Morgan fingerprint density at radius 1 is 0.697 bits per heavy atom. The van der Waals surface area contributed by atoms with E-state index in [2.05, 4.69) is 0 Å². The van der Waals surface area contributed by atoms with Crippen molar-refractivity contribution in [3.63, 3.8) is 0 Å². The summed E-state index contributed by atoms with van der Waals surface area (Å²) in [6.07, 6.45) is -9.01. The van der Waals surface area contributed by atoms with E-state index in [0.717, 1.165) is 28.8 Å². The topological polar surface area (TPSA) is 47.2 Å². The highest BCUT2D eigenvalue weighted by atomic mass is 19.4. The molecule has 0 aliphatic rings. The van der Waals surface area contributed by atoms with E-state index in [0.29, 0.717) is 11.1 Å². The third-order valence-corrected chi connectivity index (χ3v) is 5.13. The lowest BCUT2D eigenvalue weighted by molar-refractivity contribution is -0.138. The molecule has 1 heterocycles. The lowest BCUT2D eigenvalue weighted by atomic mass is 10.1. The third-order valence-electron chi connectivity index (χ3n) is 5.13. The molecule has 2 aromatic carbocycles. The molecule has 11 heteroatoms. The van der Waals surface area contributed by atoms with Gasteiger partial charge in [-0.3, -0.25) is 13.9 Å². The lowest BCUT2D eigenvalue weighted by Gasteiger charge is -2.27. The Labute approximate surface area is 184 Å². The van der Waals surface area contributed by atoms with E-state index >= 15 is 0 Å². The van der Waals surface area contributed by atoms with Crippen LogP contribution in [0, 0.1) is 0 Å². The maximum Gasteiger partial charge on any atom is 0.416 e. The van der Waals surface area contributed by atoms with Crippen molar-refractivity contribution in [1.29, 1.82) is 0 Å². The number of halogens is 6. The zero-order valence-corrected chi connectivity index (χ0v) is 17.5. The van der Waals surface area contributed by atoms with Gasteiger partial charge in [-0.2, -0.15) is 26.3 Å². The minimum Gasteiger partial charge on any atom is -0.349 e. The van der Waals surface area contributed by atoms with Crippen LogP contribution in [0.1, 0.15) is 22.3 Å². The first-order valence-corrected chi connectivity index (χ1v) is 9.61. The number of benzene rings is 2. The number of anilines is 1. The van der Waals surface area contributed by atoms with Crippen LogP contribution in [0.5, 0.6) is 0 Å². The van der Waals surface area contributed by atoms with Crippen molar-refractivity contribution < 1.29 is 26.3 Å². The van der Waals surface area contributed by atoms with Crippen LogP contribution >= 0.6 is 0 Å². The van der Waals surface area contributed by atoms with E-state index in [-0.39, 0.29) is 18.9 Å². The van der Waals surface area contributed by atoms with E-state index in [4.69, 9.17) is 0 Å². The zero-order valence-electron chi connectivity index (χ0n) is 17.5. The monoisotopic (exact) mass is 471 g/mol. The van der Waals surface area contributed by atoms with Gasteiger partial charge in [0.05, 0.1) is 11.1 Å². The summed E-state index contributed by atoms with van der Waals surface area (Å²) in [4.78, 5) is 26.1. The predicted octanol–water partition coefficient (Wildman–Crippen LogP) is 4.33. The van der Waals surface area contributed by atoms with Gasteiger partial charge >= 0.3 is 18.0 Å². The van der Waals surface area contributed by atoms with Gasteiger partial charge in [0.2, 0.25) is 0 Å². The molecule has 0 amide bonds. The van der Waals surface area contributed by atoms with Crippen molar-refractivity contribution in [3.05, 3.63) is 97.7 Å². The van der Waals surface area contributed by atoms with E-state index in [1.165, 1.54) is 53.9 Å². The molecular weight excluding hydrogens is 452 g/mol. The van der Waals surface area contributed by atoms with Crippen LogP contribution in [-0.4, -0.2) is 9.13 Å². The molecule has 0 saturated carbocycles. The minimum absolute atomic E-state index is 0.000390. The fraction of sp³-hybridized carbons (Fsp3) is 0.273. The summed E-state index contributed by atoms with van der Waals surface area (Å²) in [7, 11) is 2.72. The molecule has 0 aliphatic carbocycles. The highest BCUT2D eigenvalue weighted by Gasteiger charge is 2.31. The van der Waals surface area contributed by atoms with Gasteiger partial charge in [0.25, 0.3) is 5.56 Å². The highest BCUT2D eigenvalue weighted by molar-refractivity contribution is 5.42. The highest BCUT2D eigenvalue weighted by Crippen LogP contribution is 2.31. The molecule has 0 unspecified atom stereocenters. The van der Waals surface area contributed by atoms with E-state index in [1.807, 2.05) is 0 Å². The molecule has 0 spiro atoms. The SMILES string of the molecule is Cn1c(N(Cc2ccc(C(F)(F)F)cc2)Cc2ccc(C(F)(F)F)cc2)cc(=O)n(C)c1=O. The Balaban J connectivity index is 2.00. The molecule has 0 radical (unpaired) electrons. The second-order valence-corrected chi connectivity index (χ2v) is 7.49. The summed E-state index contributed by atoms with van der Waals surface area (Å²) in [5, 5.41) is 0. The van der Waals surface area contributed by atoms with E-state index in [1.54, 1.807) is 0 Å². The van der Waals surface area contributed by atoms with Gasteiger partial charge < -0.3 is 4.90 Å².